The fourth-order valence-electron chi connectivity index (χ4n) is 1.21. The summed E-state index contributed by atoms with van der Waals surface area (Å²) in [4.78, 5) is 8.18. The van der Waals surface area contributed by atoms with Gasteiger partial charge >= 0.3 is 0 Å². The smallest absolute Gasteiger partial charge is 0.225 e. The molecule has 1 aromatic rings. The summed E-state index contributed by atoms with van der Waals surface area (Å²) >= 11 is 0. The maximum Gasteiger partial charge on any atom is 0.225 e. The van der Waals surface area contributed by atoms with E-state index in [9.17, 15) is 0 Å². The molecule has 0 spiro atoms. The number of hydrogen-bond acceptors (Lipinski definition) is 4. The van der Waals surface area contributed by atoms with Crippen molar-refractivity contribution in [3.8, 4) is 5.88 Å². The van der Waals surface area contributed by atoms with Crippen LogP contribution >= 0.6 is 0 Å². The van der Waals surface area contributed by atoms with E-state index in [2.05, 4.69) is 29.1 Å². The molecular weight excluding hydrogens is 190 g/mol. The number of aromatic nitrogens is 2. The van der Waals surface area contributed by atoms with Crippen LogP contribution in [0.2, 0.25) is 0 Å². The Bertz CT molecular complexity index is 289. The Labute approximate surface area is 91.1 Å². The van der Waals surface area contributed by atoms with E-state index in [1.165, 1.54) is 6.42 Å². The number of rotatable bonds is 6. The van der Waals surface area contributed by atoms with E-state index in [-0.39, 0.29) is 0 Å². The molecule has 0 unspecified atom stereocenters. The van der Waals surface area contributed by atoms with E-state index < -0.39 is 0 Å². The quantitative estimate of drug-likeness (QED) is 0.730. The Kier molecular flexibility index (Phi) is 4.87. The Morgan fingerprint density at radius 2 is 2.27 bits per heavy atom. The zero-order valence-corrected chi connectivity index (χ0v) is 9.66. The van der Waals surface area contributed by atoms with Crippen molar-refractivity contribution in [3.05, 3.63) is 12.3 Å². The monoisotopic (exact) mass is 209 g/mol. The van der Waals surface area contributed by atoms with Crippen molar-refractivity contribution in [2.75, 3.05) is 19.0 Å². The zero-order valence-electron chi connectivity index (χ0n) is 9.66. The fourth-order valence-corrected chi connectivity index (χ4v) is 1.21. The molecule has 0 aliphatic rings. The first kappa shape index (κ1) is 11.8. The Hall–Kier alpha value is -1.32. The minimum Gasteiger partial charge on any atom is -0.478 e. The van der Waals surface area contributed by atoms with Gasteiger partial charge in [-0.25, -0.2) is 4.98 Å². The summed E-state index contributed by atoms with van der Waals surface area (Å²) in [5.74, 6) is 1.96. The lowest BCUT2D eigenvalue weighted by molar-refractivity contribution is 0.287. The number of ether oxygens (including phenoxy) is 1. The van der Waals surface area contributed by atoms with Crippen LogP contribution in [0.3, 0.4) is 0 Å². The van der Waals surface area contributed by atoms with Crippen LogP contribution in [0.5, 0.6) is 5.88 Å². The van der Waals surface area contributed by atoms with Crippen LogP contribution in [0.15, 0.2) is 12.3 Å². The molecular formula is C11H19N3O. The summed E-state index contributed by atoms with van der Waals surface area (Å²) in [6.45, 7) is 5.14. The van der Waals surface area contributed by atoms with Crippen molar-refractivity contribution in [2.45, 2.75) is 26.7 Å². The van der Waals surface area contributed by atoms with Crippen molar-refractivity contribution in [1.82, 2.24) is 9.97 Å². The summed E-state index contributed by atoms with van der Waals surface area (Å²) in [5.41, 5.74) is 0. The topological polar surface area (TPSA) is 47.0 Å². The standard InChI is InChI=1S/C11H19N3O/c1-9(2)5-4-8-15-10-6-7-13-11(12-3)14-10/h6-7,9H,4-5,8H2,1-3H3,(H,12,13,14). The van der Waals surface area contributed by atoms with Gasteiger partial charge < -0.3 is 10.1 Å². The van der Waals surface area contributed by atoms with Crippen LogP contribution in [0.1, 0.15) is 26.7 Å². The number of nitrogens with one attached hydrogen (secondary N) is 1. The molecule has 4 heteroatoms. The molecule has 84 valence electrons. The van der Waals surface area contributed by atoms with Crippen LogP contribution in [-0.4, -0.2) is 23.6 Å². The van der Waals surface area contributed by atoms with Crippen LogP contribution < -0.4 is 10.1 Å². The molecule has 0 aliphatic carbocycles. The molecule has 0 saturated heterocycles. The molecule has 1 heterocycles. The van der Waals surface area contributed by atoms with Gasteiger partial charge in [0.25, 0.3) is 0 Å². The minimum atomic E-state index is 0.594. The summed E-state index contributed by atoms with van der Waals surface area (Å²) in [5, 5.41) is 2.87. The van der Waals surface area contributed by atoms with Crippen molar-refractivity contribution >= 4 is 5.95 Å². The van der Waals surface area contributed by atoms with E-state index >= 15 is 0 Å². The predicted molar refractivity (Wildman–Crippen MR) is 61.1 cm³/mol. The third kappa shape index (κ3) is 4.63. The Balaban J connectivity index is 2.30. The lowest BCUT2D eigenvalue weighted by atomic mass is 10.1. The molecule has 0 bridgehead atoms. The van der Waals surface area contributed by atoms with Crippen LogP contribution in [0.4, 0.5) is 5.95 Å². The first-order valence-corrected chi connectivity index (χ1v) is 5.36. The summed E-state index contributed by atoms with van der Waals surface area (Å²) in [6, 6.07) is 1.77. The maximum absolute atomic E-state index is 5.51. The molecule has 0 aliphatic heterocycles. The van der Waals surface area contributed by atoms with Gasteiger partial charge in [-0.2, -0.15) is 4.98 Å². The largest absolute Gasteiger partial charge is 0.478 e. The van der Waals surface area contributed by atoms with Crippen molar-refractivity contribution < 1.29 is 4.74 Å². The molecule has 1 rings (SSSR count). The minimum absolute atomic E-state index is 0.594. The lowest BCUT2D eigenvalue weighted by Crippen LogP contribution is -2.03. The highest BCUT2D eigenvalue weighted by Crippen LogP contribution is 2.09. The van der Waals surface area contributed by atoms with E-state index in [0.29, 0.717) is 11.8 Å². The second-order valence-electron chi connectivity index (χ2n) is 3.85. The number of hydrogen-bond donors (Lipinski definition) is 1. The van der Waals surface area contributed by atoms with Gasteiger partial charge in [0.2, 0.25) is 11.8 Å². The van der Waals surface area contributed by atoms with Gasteiger partial charge in [-0.05, 0) is 18.8 Å². The highest BCUT2D eigenvalue weighted by Gasteiger charge is 1.99. The van der Waals surface area contributed by atoms with Gasteiger partial charge in [0, 0.05) is 19.3 Å². The number of nitrogens with zero attached hydrogens (tertiary/aromatic N) is 2. The third-order valence-electron chi connectivity index (χ3n) is 2.03. The molecule has 0 aromatic carbocycles. The Morgan fingerprint density at radius 3 is 2.93 bits per heavy atom. The predicted octanol–water partition coefficient (Wildman–Crippen LogP) is 2.33. The maximum atomic E-state index is 5.51. The third-order valence-corrected chi connectivity index (χ3v) is 2.03. The lowest BCUT2D eigenvalue weighted by Gasteiger charge is -2.07. The van der Waals surface area contributed by atoms with Gasteiger partial charge in [-0.3, -0.25) is 0 Å². The van der Waals surface area contributed by atoms with E-state index in [1.807, 2.05) is 0 Å². The van der Waals surface area contributed by atoms with Crippen molar-refractivity contribution in [3.63, 3.8) is 0 Å². The molecule has 1 aromatic heterocycles. The fraction of sp³-hybridized carbons (Fsp3) is 0.636. The average Bonchev–Trinajstić information content (AvgIpc) is 2.24. The van der Waals surface area contributed by atoms with Crippen LogP contribution in [0, 0.1) is 5.92 Å². The van der Waals surface area contributed by atoms with E-state index in [0.717, 1.165) is 18.9 Å². The molecule has 0 saturated carbocycles. The second-order valence-corrected chi connectivity index (χ2v) is 3.85. The zero-order chi connectivity index (χ0) is 11.1. The van der Waals surface area contributed by atoms with Crippen molar-refractivity contribution in [2.24, 2.45) is 5.92 Å². The van der Waals surface area contributed by atoms with Crippen molar-refractivity contribution in [1.29, 1.82) is 0 Å². The van der Waals surface area contributed by atoms with Gasteiger partial charge in [-0.15, -0.1) is 0 Å². The SMILES string of the molecule is CNc1nccc(OCCCC(C)C)n1. The summed E-state index contributed by atoms with van der Waals surface area (Å²) in [7, 11) is 1.79. The highest BCUT2D eigenvalue weighted by molar-refractivity contribution is 5.25. The van der Waals surface area contributed by atoms with Crippen LogP contribution in [0.25, 0.3) is 0 Å². The summed E-state index contributed by atoms with van der Waals surface area (Å²) < 4.78 is 5.51. The van der Waals surface area contributed by atoms with Gasteiger partial charge in [0.05, 0.1) is 6.61 Å². The molecule has 15 heavy (non-hydrogen) atoms. The van der Waals surface area contributed by atoms with Crippen LogP contribution in [-0.2, 0) is 0 Å². The van der Waals surface area contributed by atoms with E-state index in [1.54, 1.807) is 19.3 Å². The molecule has 0 atom stereocenters. The molecule has 0 amide bonds. The van der Waals surface area contributed by atoms with Gasteiger partial charge in [-0.1, -0.05) is 13.8 Å². The van der Waals surface area contributed by atoms with Gasteiger partial charge in [0.1, 0.15) is 0 Å². The molecule has 0 fully saturated rings. The molecule has 0 radical (unpaired) electrons. The second kappa shape index (κ2) is 6.22. The number of anilines is 1. The molecule has 1 N–H and O–H groups in total. The van der Waals surface area contributed by atoms with E-state index in [4.69, 9.17) is 4.74 Å². The Morgan fingerprint density at radius 1 is 1.47 bits per heavy atom. The highest BCUT2D eigenvalue weighted by atomic mass is 16.5. The first-order valence-electron chi connectivity index (χ1n) is 5.36. The normalized spacial score (nSPS) is 10.4. The summed E-state index contributed by atoms with van der Waals surface area (Å²) in [6.07, 6.45) is 3.94. The molecule has 4 nitrogen and oxygen atoms in total. The van der Waals surface area contributed by atoms with Gasteiger partial charge in [0.15, 0.2) is 0 Å². The first-order chi connectivity index (χ1) is 7.22. The average molecular weight is 209 g/mol.